The fourth-order valence-corrected chi connectivity index (χ4v) is 3.40. The van der Waals surface area contributed by atoms with Crippen molar-refractivity contribution < 1.29 is 18.0 Å². The summed E-state index contributed by atoms with van der Waals surface area (Å²) < 4.78 is 39.5. The molecule has 0 spiro atoms. The average Bonchev–Trinajstić information content (AvgIpc) is 2.93. The zero-order valence-electron chi connectivity index (χ0n) is 13.9. The maximum absolute atomic E-state index is 13.2. The third kappa shape index (κ3) is 3.78. The molecule has 1 heterocycles. The molecule has 1 aliphatic rings. The highest BCUT2D eigenvalue weighted by Crippen LogP contribution is 2.34. The maximum atomic E-state index is 13.2. The summed E-state index contributed by atoms with van der Waals surface area (Å²) >= 11 is 0. The Kier molecular flexibility index (Phi) is 4.73. The number of imidazole rings is 1. The second-order valence-corrected chi connectivity index (χ2v) is 6.66. The minimum absolute atomic E-state index is 0.0487. The van der Waals surface area contributed by atoms with Gasteiger partial charge in [-0.1, -0.05) is 12.8 Å². The number of halogens is 3. The highest BCUT2D eigenvalue weighted by atomic mass is 19.4. The third-order valence-corrected chi connectivity index (χ3v) is 4.67. The number of hydrogen-bond donors (Lipinski definition) is 3. The van der Waals surface area contributed by atoms with Crippen LogP contribution in [0.4, 0.5) is 13.2 Å². The number of carbonyl (C=O) groups excluding carboxylic acids is 1. The van der Waals surface area contributed by atoms with E-state index in [-0.39, 0.29) is 29.9 Å². The number of benzene rings is 1. The smallest absolute Gasteiger partial charge is 0.349 e. The topological polar surface area (TPSA) is 83.8 Å². The van der Waals surface area contributed by atoms with Crippen LogP contribution in [0, 0.1) is 12.8 Å². The van der Waals surface area contributed by atoms with Gasteiger partial charge in [-0.05, 0) is 37.5 Å². The lowest BCUT2D eigenvalue weighted by Crippen LogP contribution is -2.43. The first-order valence-electron chi connectivity index (χ1n) is 8.35. The Balaban J connectivity index is 1.77. The van der Waals surface area contributed by atoms with Gasteiger partial charge < -0.3 is 16.0 Å². The van der Waals surface area contributed by atoms with Crippen LogP contribution in [0.15, 0.2) is 12.1 Å². The lowest BCUT2D eigenvalue weighted by molar-refractivity contribution is -0.136. The number of aryl methyl sites for hydroxylation is 1. The van der Waals surface area contributed by atoms with Gasteiger partial charge in [-0.2, -0.15) is 13.2 Å². The second-order valence-electron chi connectivity index (χ2n) is 6.66. The van der Waals surface area contributed by atoms with Crippen LogP contribution in [0.25, 0.3) is 11.0 Å². The van der Waals surface area contributed by atoms with Gasteiger partial charge in [-0.25, -0.2) is 4.98 Å². The molecular weight excluding hydrogens is 333 g/mol. The van der Waals surface area contributed by atoms with Crippen molar-refractivity contribution in [3.05, 3.63) is 29.1 Å². The van der Waals surface area contributed by atoms with Gasteiger partial charge in [0.15, 0.2) is 0 Å². The zero-order valence-corrected chi connectivity index (χ0v) is 13.9. The molecular formula is C17H21F3N4O. The summed E-state index contributed by atoms with van der Waals surface area (Å²) in [6, 6.07) is 2.52. The molecule has 3 rings (SSSR count). The Morgan fingerprint density at radius 3 is 2.76 bits per heavy atom. The summed E-state index contributed by atoms with van der Waals surface area (Å²) in [7, 11) is 0. The van der Waals surface area contributed by atoms with Crippen LogP contribution >= 0.6 is 0 Å². The Morgan fingerprint density at radius 1 is 1.36 bits per heavy atom. The fourth-order valence-electron chi connectivity index (χ4n) is 3.40. The number of H-pyrrole nitrogens is 1. The van der Waals surface area contributed by atoms with E-state index in [0.717, 1.165) is 31.7 Å². The average molecular weight is 354 g/mol. The summed E-state index contributed by atoms with van der Waals surface area (Å²) in [4.78, 5) is 19.2. The molecule has 1 aliphatic carbocycles. The van der Waals surface area contributed by atoms with E-state index in [1.54, 1.807) is 13.0 Å². The van der Waals surface area contributed by atoms with Crippen LogP contribution in [0.1, 0.15) is 42.6 Å². The molecule has 136 valence electrons. The number of amides is 1. The van der Waals surface area contributed by atoms with Crippen LogP contribution in [-0.2, 0) is 17.5 Å². The highest BCUT2D eigenvalue weighted by molar-refractivity contribution is 5.81. The molecule has 2 aromatic rings. The van der Waals surface area contributed by atoms with Crippen LogP contribution in [0.2, 0.25) is 0 Å². The van der Waals surface area contributed by atoms with Crippen LogP contribution < -0.4 is 11.1 Å². The number of aromatic nitrogens is 2. The molecule has 0 unspecified atom stereocenters. The van der Waals surface area contributed by atoms with Crippen molar-refractivity contribution >= 4 is 16.9 Å². The number of fused-ring (bicyclic) bond motifs is 1. The number of hydrogen-bond acceptors (Lipinski definition) is 3. The molecule has 1 amide bonds. The molecule has 8 heteroatoms. The lowest BCUT2D eigenvalue weighted by atomic mass is 9.84. The molecule has 0 bridgehead atoms. The second kappa shape index (κ2) is 6.67. The number of nitrogens with one attached hydrogen (secondary N) is 2. The van der Waals surface area contributed by atoms with E-state index >= 15 is 0 Å². The zero-order chi connectivity index (χ0) is 18.2. The molecule has 1 fully saturated rings. The summed E-state index contributed by atoms with van der Waals surface area (Å²) in [5, 5.41) is 2.74. The van der Waals surface area contributed by atoms with E-state index < -0.39 is 11.7 Å². The maximum Gasteiger partial charge on any atom is 0.418 e. The van der Waals surface area contributed by atoms with Crippen molar-refractivity contribution in [3.63, 3.8) is 0 Å². The van der Waals surface area contributed by atoms with Gasteiger partial charge in [0.1, 0.15) is 11.3 Å². The molecule has 1 saturated carbocycles. The minimum Gasteiger partial charge on any atom is -0.349 e. The van der Waals surface area contributed by atoms with E-state index in [1.807, 2.05) is 0 Å². The first kappa shape index (κ1) is 17.7. The standard InChI is InChI=1S/C17H21F3N4O/c1-9-6-11(17(18,19)20)15-13(7-9)23-14(24-15)8-22-16(25)10-4-2-3-5-12(10)21/h6-7,10,12H,2-5,8,21H2,1H3,(H,22,25)(H,23,24)/t10-,12+/m1/s1. The SMILES string of the molecule is Cc1cc(C(F)(F)F)c2nc(CNC(=O)[C@@H]3CCCC[C@@H]3N)[nH]c2c1. The van der Waals surface area contributed by atoms with Crippen LogP contribution in [-0.4, -0.2) is 21.9 Å². The molecule has 0 saturated heterocycles. The Morgan fingerprint density at radius 2 is 2.08 bits per heavy atom. The summed E-state index contributed by atoms with van der Waals surface area (Å²) in [5.74, 6) is -0.116. The number of rotatable bonds is 3. The Hall–Kier alpha value is -2.09. The molecule has 4 N–H and O–H groups in total. The molecule has 5 nitrogen and oxygen atoms in total. The van der Waals surface area contributed by atoms with Crippen molar-refractivity contribution in [2.24, 2.45) is 11.7 Å². The monoisotopic (exact) mass is 354 g/mol. The van der Waals surface area contributed by atoms with Gasteiger partial charge in [0, 0.05) is 6.04 Å². The van der Waals surface area contributed by atoms with Gasteiger partial charge in [-0.3, -0.25) is 4.79 Å². The quantitative estimate of drug-likeness (QED) is 0.792. The normalized spacial score (nSPS) is 21.5. The van der Waals surface area contributed by atoms with Crippen LogP contribution in [0.5, 0.6) is 0 Å². The first-order valence-corrected chi connectivity index (χ1v) is 8.35. The summed E-state index contributed by atoms with van der Waals surface area (Å²) in [5.41, 5.74) is 5.89. The third-order valence-electron chi connectivity index (χ3n) is 4.67. The van der Waals surface area contributed by atoms with Crippen molar-refractivity contribution in [3.8, 4) is 0 Å². The predicted octanol–water partition coefficient (Wildman–Crippen LogP) is 3.02. The molecule has 25 heavy (non-hydrogen) atoms. The number of nitrogens with two attached hydrogens (primary N) is 1. The highest BCUT2D eigenvalue weighted by Gasteiger charge is 2.34. The lowest BCUT2D eigenvalue weighted by Gasteiger charge is -2.27. The summed E-state index contributed by atoms with van der Waals surface area (Å²) in [6.45, 7) is 1.65. The molecule has 2 atom stereocenters. The van der Waals surface area contributed by atoms with Crippen molar-refractivity contribution in [2.45, 2.75) is 51.4 Å². The van der Waals surface area contributed by atoms with E-state index in [2.05, 4.69) is 15.3 Å². The number of alkyl halides is 3. The van der Waals surface area contributed by atoms with Crippen molar-refractivity contribution in [2.75, 3.05) is 0 Å². The van der Waals surface area contributed by atoms with Gasteiger partial charge >= 0.3 is 6.18 Å². The number of aromatic amines is 1. The number of carbonyl (C=O) groups is 1. The van der Waals surface area contributed by atoms with E-state index in [9.17, 15) is 18.0 Å². The summed E-state index contributed by atoms with van der Waals surface area (Å²) in [6.07, 6.45) is -0.935. The molecule has 0 aliphatic heterocycles. The Bertz CT molecular complexity index is 784. The van der Waals surface area contributed by atoms with Crippen molar-refractivity contribution in [1.82, 2.24) is 15.3 Å². The minimum atomic E-state index is -4.48. The predicted molar refractivity (Wildman–Crippen MR) is 87.6 cm³/mol. The molecule has 0 radical (unpaired) electrons. The van der Waals surface area contributed by atoms with Crippen molar-refractivity contribution in [1.29, 1.82) is 0 Å². The largest absolute Gasteiger partial charge is 0.418 e. The van der Waals surface area contributed by atoms with Gasteiger partial charge in [0.2, 0.25) is 5.91 Å². The van der Waals surface area contributed by atoms with E-state index in [4.69, 9.17) is 5.73 Å². The first-order chi connectivity index (χ1) is 11.8. The van der Waals surface area contributed by atoms with Crippen LogP contribution in [0.3, 0.4) is 0 Å². The Labute approximate surface area is 143 Å². The number of nitrogens with zero attached hydrogens (tertiary/aromatic N) is 1. The molecule has 1 aromatic heterocycles. The van der Waals surface area contributed by atoms with E-state index in [0.29, 0.717) is 16.9 Å². The van der Waals surface area contributed by atoms with Gasteiger partial charge in [0.25, 0.3) is 0 Å². The van der Waals surface area contributed by atoms with E-state index in [1.165, 1.54) is 0 Å². The van der Waals surface area contributed by atoms with Gasteiger partial charge in [-0.15, -0.1) is 0 Å². The van der Waals surface area contributed by atoms with Gasteiger partial charge in [0.05, 0.1) is 23.5 Å². The molecule has 1 aromatic carbocycles. The fraction of sp³-hybridized carbons (Fsp3) is 0.529.